The Kier molecular flexibility index (Phi) is 7.59. The lowest BCUT2D eigenvalue weighted by molar-refractivity contribution is -0.129. The average Bonchev–Trinajstić information content (AvgIpc) is 3.37. The Bertz CT molecular complexity index is 842. The van der Waals surface area contributed by atoms with Crippen LogP contribution in [0.2, 0.25) is 0 Å². The van der Waals surface area contributed by atoms with Crippen molar-refractivity contribution >= 4 is 11.7 Å². The number of hydrogen-bond donors (Lipinski definition) is 1. The van der Waals surface area contributed by atoms with Crippen molar-refractivity contribution in [3.63, 3.8) is 0 Å². The van der Waals surface area contributed by atoms with Crippen LogP contribution in [0.5, 0.6) is 11.5 Å². The SMILES string of the molecule is CCCOc1ccc(C2C(C(=O)C(C)C)=C(O)C(=O)N2CCN2CCCC2)cc1OC. The van der Waals surface area contributed by atoms with Crippen LogP contribution in [0.3, 0.4) is 0 Å². The van der Waals surface area contributed by atoms with Crippen molar-refractivity contribution < 1.29 is 24.2 Å². The molecule has 1 aromatic carbocycles. The van der Waals surface area contributed by atoms with Gasteiger partial charge in [0.15, 0.2) is 23.0 Å². The van der Waals surface area contributed by atoms with E-state index in [2.05, 4.69) is 4.90 Å². The van der Waals surface area contributed by atoms with E-state index >= 15 is 0 Å². The molecule has 1 amide bonds. The number of carbonyl (C=O) groups is 2. The van der Waals surface area contributed by atoms with Crippen molar-refractivity contribution in [2.45, 2.75) is 46.1 Å². The predicted octanol–water partition coefficient (Wildman–Crippen LogP) is 3.50. The van der Waals surface area contributed by atoms with Crippen molar-refractivity contribution in [2.24, 2.45) is 5.92 Å². The molecule has 31 heavy (non-hydrogen) atoms. The number of benzene rings is 1. The van der Waals surface area contributed by atoms with Gasteiger partial charge in [-0.15, -0.1) is 0 Å². The number of carbonyl (C=O) groups excluding carboxylic acids is 2. The average molecular weight is 431 g/mol. The standard InChI is InChI=1S/C24H34N2O5/c1-5-14-31-18-9-8-17(15-19(18)30-4)21-20(22(27)16(2)3)23(28)24(29)26(21)13-12-25-10-6-7-11-25/h8-9,15-16,21,28H,5-7,10-14H2,1-4H3. The van der Waals surface area contributed by atoms with Gasteiger partial charge in [-0.1, -0.05) is 26.8 Å². The first-order valence-corrected chi connectivity index (χ1v) is 11.2. The Labute approximate surface area is 184 Å². The lowest BCUT2D eigenvalue weighted by Gasteiger charge is -2.29. The fourth-order valence-corrected chi connectivity index (χ4v) is 4.23. The molecule has 1 fully saturated rings. The van der Waals surface area contributed by atoms with Crippen molar-refractivity contribution in [2.75, 3.05) is 39.9 Å². The van der Waals surface area contributed by atoms with Crippen LogP contribution < -0.4 is 9.47 Å². The van der Waals surface area contributed by atoms with Gasteiger partial charge in [0.2, 0.25) is 0 Å². The molecule has 2 aliphatic heterocycles. The number of hydrogen-bond acceptors (Lipinski definition) is 6. The minimum atomic E-state index is -0.640. The third-order valence-corrected chi connectivity index (χ3v) is 5.91. The fourth-order valence-electron chi connectivity index (χ4n) is 4.23. The van der Waals surface area contributed by atoms with Crippen LogP contribution in [0.4, 0.5) is 0 Å². The first kappa shape index (κ1) is 23.1. The number of amides is 1. The maximum absolute atomic E-state index is 13.0. The lowest BCUT2D eigenvalue weighted by Crippen LogP contribution is -2.38. The van der Waals surface area contributed by atoms with Crippen molar-refractivity contribution in [3.8, 4) is 11.5 Å². The summed E-state index contributed by atoms with van der Waals surface area (Å²) in [5, 5.41) is 10.7. The van der Waals surface area contributed by atoms with Gasteiger partial charge in [0, 0.05) is 19.0 Å². The van der Waals surface area contributed by atoms with E-state index < -0.39 is 17.7 Å². The number of ether oxygens (including phenoxy) is 2. The van der Waals surface area contributed by atoms with E-state index in [-0.39, 0.29) is 17.3 Å². The third-order valence-electron chi connectivity index (χ3n) is 5.91. The normalized spacial score (nSPS) is 19.6. The highest BCUT2D eigenvalue weighted by atomic mass is 16.5. The molecule has 3 rings (SSSR count). The first-order chi connectivity index (χ1) is 14.9. The van der Waals surface area contributed by atoms with Gasteiger partial charge in [-0.3, -0.25) is 9.59 Å². The van der Waals surface area contributed by atoms with E-state index in [4.69, 9.17) is 9.47 Å². The summed E-state index contributed by atoms with van der Waals surface area (Å²) in [5.41, 5.74) is 0.897. The minimum absolute atomic E-state index is 0.172. The summed E-state index contributed by atoms with van der Waals surface area (Å²) in [4.78, 5) is 29.9. The molecule has 1 unspecified atom stereocenters. The molecule has 170 valence electrons. The van der Waals surface area contributed by atoms with Crippen molar-refractivity contribution in [1.29, 1.82) is 0 Å². The zero-order chi connectivity index (χ0) is 22.5. The largest absolute Gasteiger partial charge is 0.503 e. The Morgan fingerprint density at radius 3 is 2.52 bits per heavy atom. The molecule has 1 N–H and O–H groups in total. The molecule has 0 aliphatic carbocycles. The molecular formula is C24H34N2O5. The first-order valence-electron chi connectivity index (χ1n) is 11.2. The third kappa shape index (κ3) is 4.87. The molecular weight excluding hydrogens is 396 g/mol. The van der Waals surface area contributed by atoms with Crippen LogP contribution in [0.15, 0.2) is 29.5 Å². The number of ketones is 1. The summed E-state index contributed by atoms with van der Waals surface area (Å²) in [6.07, 6.45) is 3.19. The molecule has 0 aromatic heterocycles. The Morgan fingerprint density at radius 2 is 1.90 bits per heavy atom. The molecule has 2 aliphatic rings. The highest BCUT2D eigenvalue weighted by molar-refractivity contribution is 6.09. The van der Waals surface area contributed by atoms with Gasteiger partial charge in [0.05, 0.1) is 25.3 Å². The second kappa shape index (κ2) is 10.2. The second-order valence-corrected chi connectivity index (χ2v) is 8.49. The molecule has 1 atom stereocenters. The quantitative estimate of drug-likeness (QED) is 0.612. The predicted molar refractivity (Wildman–Crippen MR) is 118 cm³/mol. The monoisotopic (exact) mass is 430 g/mol. The summed E-state index contributed by atoms with van der Waals surface area (Å²) in [5.74, 6) is -0.315. The molecule has 1 aromatic rings. The highest BCUT2D eigenvalue weighted by Gasteiger charge is 2.44. The van der Waals surface area contributed by atoms with Gasteiger partial charge in [0.25, 0.3) is 5.91 Å². The van der Waals surface area contributed by atoms with Gasteiger partial charge in [-0.05, 0) is 50.0 Å². The van der Waals surface area contributed by atoms with Gasteiger partial charge in [-0.2, -0.15) is 0 Å². The number of rotatable bonds is 10. The summed E-state index contributed by atoms with van der Waals surface area (Å²) in [6.45, 7) is 9.34. The van der Waals surface area contributed by atoms with E-state index in [0.717, 1.165) is 37.9 Å². The molecule has 0 radical (unpaired) electrons. The van der Waals surface area contributed by atoms with Crippen LogP contribution in [0, 0.1) is 5.92 Å². The van der Waals surface area contributed by atoms with E-state index in [1.165, 1.54) is 0 Å². The van der Waals surface area contributed by atoms with E-state index in [1.807, 2.05) is 13.0 Å². The van der Waals surface area contributed by atoms with Crippen LogP contribution >= 0.6 is 0 Å². The van der Waals surface area contributed by atoms with Gasteiger partial charge in [0.1, 0.15) is 0 Å². The molecule has 1 saturated heterocycles. The van der Waals surface area contributed by atoms with Crippen molar-refractivity contribution in [1.82, 2.24) is 9.80 Å². The summed E-state index contributed by atoms with van der Waals surface area (Å²) in [7, 11) is 1.57. The topological polar surface area (TPSA) is 79.3 Å². The van der Waals surface area contributed by atoms with Crippen LogP contribution in [-0.4, -0.2) is 66.5 Å². The maximum atomic E-state index is 13.0. The van der Waals surface area contributed by atoms with Gasteiger partial charge < -0.3 is 24.4 Å². The Hall–Kier alpha value is -2.54. The van der Waals surface area contributed by atoms with Crippen molar-refractivity contribution in [3.05, 3.63) is 35.1 Å². The summed E-state index contributed by atoms with van der Waals surface area (Å²) >= 11 is 0. The minimum Gasteiger partial charge on any atom is -0.503 e. The molecule has 0 spiro atoms. The molecule has 2 heterocycles. The number of likely N-dealkylation sites (tertiary alicyclic amines) is 1. The number of methoxy groups -OCH3 is 1. The molecule has 0 saturated carbocycles. The van der Waals surface area contributed by atoms with E-state index in [0.29, 0.717) is 31.2 Å². The van der Waals surface area contributed by atoms with Gasteiger partial charge >= 0.3 is 0 Å². The van der Waals surface area contributed by atoms with Crippen LogP contribution in [0.25, 0.3) is 0 Å². The van der Waals surface area contributed by atoms with Crippen LogP contribution in [0.1, 0.15) is 51.6 Å². The number of Topliss-reactive ketones (excluding diaryl/α,β-unsaturated/α-hetero) is 1. The van der Waals surface area contributed by atoms with E-state index in [1.54, 1.807) is 38.0 Å². The van der Waals surface area contributed by atoms with E-state index in [9.17, 15) is 14.7 Å². The summed E-state index contributed by atoms with van der Waals surface area (Å²) < 4.78 is 11.3. The second-order valence-electron chi connectivity index (χ2n) is 8.49. The Balaban J connectivity index is 1.97. The number of aliphatic hydroxyl groups excluding tert-OH is 1. The zero-order valence-corrected chi connectivity index (χ0v) is 19.0. The fraction of sp³-hybridized carbons (Fsp3) is 0.583. The smallest absolute Gasteiger partial charge is 0.290 e. The molecule has 7 nitrogen and oxygen atoms in total. The van der Waals surface area contributed by atoms with Crippen LogP contribution in [-0.2, 0) is 9.59 Å². The van der Waals surface area contributed by atoms with Gasteiger partial charge in [-0.25, -0.2) is 0 Å². The number of aliphatic hydroxyl groups is 1. The molecule has 0 bridgehead atoms. The molecule has 7 heteroatoms. The summed E-state index contributed by atoms with van der Waals surface area (Å²) in [6, 6.07) is 4.82. The highest BCUT2D eigenvalue weighted by Crippen LogP contribution is 2.41. The maximum Gasteiger partial charge on any atom is 0.290 e. The number of nitrogens with zero attached hydrogens (tertiary/aromatic N) is 2. The zero-order valence-electron chi connectivity index (χ0n) is 19.0. The lowest BCUT2D eigenvalue weighted by atomic mass is 9.91. The Morgan fingerprint density at radius 1 is 1.19 bits per heavy atom.